The van der Waals surface area contributed by atoms with Crippen molar-refractivity contribution in [1.29, 1.82) is 0 Å². The second kappa shape index (κ2) is 5.29. The lowest BCUT2D eigenvalue weighted by molar-refractivity contribution is 0.480. The molecule has 2 rings (SSSR count). The Labute approximate surface area is 112 Å². The quantitative estimate of drug-likeness (QED) is 0.838. The number of nitrogens with one attached hydrogen (secondary N) is 1. The van der Waals surface area contributed by atoms with Crippen molar-refractivity contribution in [2.24, 2.45) is 0 Å². The van der Waals surface area contributed by atoms with Gasteiger partial charge in [-0.15, -0.1) is 0 Å². The molecule has 0 radical (unpaired) electrons. The number of nitrogen functional groups attached to an aromatic ring is 1. The topological polar surface area (TPSA) is 81.4 Å². The van der Waals surface area contributed by atoms with E-state index >= 15 is 0 Å². The second-order valence-electron chi connectivity index (χ2n) is 3.85. The highest BCUT2D eigenvalue weighted by molar-refractivity contribution is 7.89. The van der Waals surface area contributed by atoms with Gasteiger partial charge in [0.25, 0.3) is 0 Å². The standard InChI is InChI=1S/C13H14N2O3S/c1-15-19(16,17)13-4-2-3-12(9-13)18-11-7-5-10(14)6-8-11/h2-9,15H,14H2,1H3. The molecule has 19 heavy (non-hydrogen) atoms. The molecule has 0 bridgehead atoms. The number of sulfonamides is 1. The number of nitrogens with two attached hydrogens (primary N) is 1. The first-order valence-corrected chi connectivity index (χ1v) is 7.06. The fourth-order valence-corrected chi connectivity index (χ4v) is 2.26. The molecule has 5 nitrogen and oxygen atoms in total. The average molecular weight is 278 g/mol. The van der Waals surface area contributed by atoms with Gasteiger partial charge in [-0.1, -0.05) is 6.07 Å². The van der Waals surface area contributed by atoms with Crippen LogP contribution in [-0.4, -0.2) is 15.5 Å². The molecular weight excluding hydrogens is 264 g/mol. The maximum atomic E-state index is 11.7. The zero-order valence-corrected chi connectivity index (χ0v) is 11.1. The predicted molar refractivity (Wildman–Crippen MR) is 73.6 cm³/mol. The minimum Gasteiger partial charge on any atom is -0.457 e. The van der Waals surface area contributed by atoms with Crippen molar-refractivity contribution < 1.29 is 13.2 Å². The SMILES string of the molecule is CNS(=O)(=O)c1cccc(Oc2ccc(N)cc2)c1. The van der Waals surface area contributed by atoms with Gasteiger partial charge < -0.3 is 10.5 Å². The van der Waals surface area contributed by atoms with Crippen LogP contribution in [0.1, 0.15) is 0 Å². The van der Waals surface area contributed by atoms with Gasteiger partial charge in [0.1, 0.15) is 11.5 Å². The molecule has 0 heterocycles. The van der Waals surface area contributed by atoms with Gasteiger partial charge >= 0.3 is 0 Å². The Balaban J connectivity index is 2.27. The summed E-state index contributed by atoms with van der Waals surface area (Å²) in [6.45, 7) is 0. The molecule has 2 aromatic rings. The number of hydrogen-bond acceptors (Lipinski definition) is 4. The molecular formula is C13H14N2O3S. The number of ether oxygens (including phenoxy) is 1. The van der Waals surface area contributed by atoms with Gasteiger partial charge in [-0.05, 0) is 43.4 Å². The Bertz CT molecular complexity index is 667. The molecule has 0 aliphatic carbocycles. The third kappa shape index (κ3) is 3.24. The lowest BCUT2D eigenvalue weighted by Crippen LogP contribution is -2.18. The van der Waals surface area contributed by atoms with Crippen molar-refractivity contribution in [1.82, 2.24) is 4.72 Å². The highest BCUT2D eigenvalue weighted by atomic mass is 32.2. The first-order chi connectivity index (χ1) is 9.01. The van der Waals surface area contributed by atoms with Crippen LogP contribution in [-0.2, 0) is 10.0 Å². The van der Waals surface area contributed by atoms with Gasteiger partial charge in [-0.25, -0.2) is 13.1 Å². The van der Waals surface area contributed by atoms with Crippen LogP contribution in [0.5, 0.6) is 11.5 Å². The number of benzene rings is 2. The first-order valence-electron chi connectivity index (χ1n) is 5.58. The van der Waals surface area contributed by atoms with Gasteiger partial charge in [0.05, 0.1) is 4.90 Å². The number of anilines is 1. The third-order valence-corrected chi connectivity index (χ3v) is 3.91. The molecule has 0 saturated carbocycles. The molecule has 0 aliphatic rings. The monoisotopic (exact) mass is 278 g/mol. The maximum Gasteiger partial charge on any atom is 0.240 e. The van der Waals surface area contributed by atoms with Crippen molar-refractivity contribution in [3.8, 4) is 11.5 Å². The van der Waals surface area contributed by atoms with Crippen molar-refractivity contribution in [3.05, 3.63) is 48.5 Å². The van der Waals surface area contributed by atoms with E-state index in [1.54, 1.807) is 36.4 Å². The van der Waals surface area contributed by atoms with E-state index in [0.717, 1.165) is 0 Å². The average Bonchev–Trinajstić information content (AvgIpc) is 2.42. The van der Waals surface area contributed by atoms with E-state index in [9.17, 15) is 8.42 Å². The Morgan fingerprint density at radius 2 is 1.74 bits per heavy atom. The molecule has 0 saturated heterocycles. The summed E-state index contributed by atoms with van der Waals surface area (Å²) in [5.41, 5.74) is 6.21. The molecule has 3 N–H and O–H groups in total. The molecule has 0 spiro atoms. The predicted octanol–water partition coefficient (Wildman–Crippen LogP) is 1.97. The fraction of sp³-hybridized carbons (Fsp3) is 0.0769. The molecule has 0 aliphatic heterocycles. The zero-order valence-electron chi connectivity index (χ0n) is 10.3. The lowest BCUT2D eigenvalue weighted by Gasteiger charge is -2.08. The van der Waals surface area contributed by atoms with Crippen LogP contribution in [0.4, 0.5) is 5.69 Å². The van der Waals surface area contributed by atoms with Crippen LogP contribution in [0.2, 0.25) is 0 Å². The lowest BCUT2D eigenvalue weighted by atomic mass is 10.3. The van der Waals surface area contributed by atoms with E-state index in [2.05, 4.69) is 4.72 Å². The summed E-state index contributed by atoms with van der Waals surface area (Å²) < 4.78 is 31.2. The van der Waals surface area contributed by atoms with Gasteiger partial charge in [0.15, 0.2) is 0 Å². The molecule has 100 valence electrons. The minimum atomic E-state index is -3.47. The smallest absolute Gasteiger partial charge is 0.240 e. The molecule has 2 aromatic carbocycles. The van der Waals surface area contributed by atoms with Crippen molar-refractivity contribution in [2.45, 2.75) is 4.90 Å². The molecule has 0 fully saturated rings. The van der Waals surface area contributed by atoms with Crippen molar-refractivity contribution >= 4 is 15.7 Å². The highest BCUT2D eigenvalue weighted by Gasteiger charge is 2.11. The summed E-state index contributed by atoms with van der Waals surface area (Å²) in [5.74, 6) is 1.04. The van der Waals surface area contributed by atoms with Crippen molar-refractivity contribution in [2.75, 3.05) is 12.8 Å². The Kier molecular flexibility index (Phi) is 3.73. The molecule has 0 amide bonds. The third-order valence-electron chi connectivity index (χ3n) is 2.50. The second-order valence-corrected chi connectivity index (χ2v) is 5.74. The minimum absolute atomic E-state index is 0.156. The summed E-state index contributed by atoms with van der Waals surface area (Å²) in [4.78, 5) is 0.156. The molecule has 0 unspecified atom stereocenters. The molecule has 6 heteroatoms. The first kappa shape index (κ1) is 13.4. The maximum absolute atomic E-state index is 11.7. The van der Waals surface area contributed by atoms with Gasteiger partial charge in [-0.2, -0.15) is 0 Å². The van der Waals surface area contributed by atoms with Crippen LogP contribution in [0, 0.1) is 0 Å². The Morgan fingerprint density at radius 1 is 1.05 bits per heavy atom. The van der Waals surface area contributed by atoms with Gasteiger partial charge in [0, 0.05) is 11.8 Å². The van der Waals surface area contributed by atoms with E-state index in [1.807, 2.05) is 0 Å². The Morgan fingerprint density at radius 3 is 2.37 bits per heavy atom. The normalized spacial score (nSPS) is 11.2. The summed E-state index contributed by atoms with van der Waals surface area (Å²) in [5, 5.41) is 0. The summed E-state index contributed by atoms with van der Waals surface area (Å²) in [7, 11) is -2.11. The number of rotatable bonds is 4. The molecule has 0 aromatic heterocycles. The largest absolute Gasteiger partial charge is 0.457 e. The Hall–Kier alpha value is -2.05. The van der Waals surface area contributed by atoms with E-state index in [1.165, 1.54) is 19.2 Å². The van der Waals surface area contributed by atoms with Gasteiger partial charge in [0.2, 0.25) is 10.0 Å². The zero-order chi connectivity index (χ0) is 13.9. The summed E-state index contributed by atoms with van der Waals surface area (Å²) in [6, 6.07) is 13.1. The van der Waals surface area contributed by atoms with E-state index in [4.69, 9.17) is 10.5 Å². The van der Waals surface area contributed by atoms with Gasteiger partial charge in [-0.3, -0.25) is 0 Å². The van der Waals surface area contributed by atoms with Crippen LogP contribution in [0.3, 0.4) is 0 Å². The highest BCUT2D eigenvalue weighted by Crippen LogP contribution is 2.24. The van der Waals surface area contributed by atoms with Crippen LogP contribution < -0.4 is 15.2 Å². The fourth-order valence-electron chi connectivity index (χ4n) is 1.49. The van der Waals surface area contributed by atoms with Crippen LogP contribution >= 0.6 is 0 Å². The van der Waals surface area contributed by atoms with Crippen molar-refractivity contribution in [3.63, 3.8) is 0 Å². The van der Waals surface area contributed by atoms with Crippen LogP contribution in [0.15, 0.2) is 53.4 Å². The molecule has 0 atom stereocenters. The summed E-state index contributed by atoms with van der Waals surface area (Å²) in [6.07, 6.45) is 0. The van der Waals surface area contributed by atoms with E-state index in [0.29, 0.717) is 17.2 Å². The van der Waals surface area contributed by atoms with E-state index in [-0.39, 0.29) is 4.90 Å². The van der Waals surface area contributed by atoms with E-state index < -0.39 is 10.0 Å². The van der Waals surface area contributed by atoms with Crippen LogP contribution in [0.25, 0.3) is 0 Å². The number of hydrogen-bond donors (Lipinski definition) is 2. The summed E-state index contributed by atoms with van der Waals surface area (Å²) >= 11 is 0.